The molecule has 0 saturated heterocycles. The van der Waals surface area contributed by atoms with Crippen LogP contribution in [0.4, 0.5) is 12.9 Å². The second-order valence-electron chi connectivity index (χ2n) is 3.18. The molecule has 2 rings (SSSR count). The summed E-state index contributed by atoms with van der Waals surface area (Å²) in [6, 6.07) is 2.30. The predicted molar refractivity (Wildman–Crippen MR) is 53.9 cm³/mol. The van der Waals surface area contributed by atoms with Gasteiger partial charge in [-0.05, 0) is 19.1 Å². The van der Waals surface area contributed by atoms with Gasteiger partial charge in [0.15, 0.2) is 0 Å². The van der Waals surface area contributed by atoms with Crippen molar-refractivity contribution in [3.05, 3.63) is 18.3 Å². The summed E-state index contributed by atoms with van der Waals surface area (Å²) in [5.41, 5.74) is -0.850. The first-order chi connectivity index (χ1) is 7.52. The number of pyridine rings is 1. The first-order valence-electron chi connectivity index (χ1n) is 4.73. The van der Waals surface area contributed by atoms with E-state index in [1.807, 2.05) is 0 Å². The van der Waals surface area contributed by atoms with Crippen molar-refractivity contribution in [3.63, 3.8) is 0 Å². The summed E-state index contributed by atoms with van der Waals surface area (Å²) in [5.74, 6) is 0.162. The Balaban J connectivity index is 0.00000144. The van der Waals surface area contributed by atoms with E-state index in [4.69, 9.17) is 9.15 Å². The molecule has 17 heavy (non-hydrogen) atoms. The first-order valence-corrected chi connectivity index (χ1v) is 4.73. The van der Waals surface area contributed by atoms with Gasteiger partial charge in [0.25, 0.3) is 0 Å². The van der Waals surface area contributed by atoms with Crippen LogP contribution in [0.25, 0.3) is 11.0 Å². The van der Waals surface area contributed by atoms with Crippen molar-refractivity contribution < 1.29 is 73.5 Å². The molecule has 0 unspecified atom stereocenters. The van der Waals surface area contributed by atoms with E-state index in [-0.39, 0.29) is 68.2 Å². The molecule has 0 atom stereocenters. The van der Waals surface area contributed by atoms with Crippen LogP contribution in [0.2, 0.25) is 0 Å². The maximum Gasteiger partial charge on any atom is 1.00 e. The summed E-state index contributed by atoms with van der Waals surface area (Å²) in [5, 5.41) is 0.249. The van der Waals surface area contributed by atoms with Crippen molar-refractivity contribution in [3.8, 4) is 5.88 Å². The third kappa shape index (κ3) is 3.25. The van der Waals surface area contributed by atoms with Gasteiger partial charge in [-0.1, -0.05) is 0 Å². The molecule has 0 amide bonds. The van der Waals surface area contributed by atoms with Gasteiger partial charge < -0.3 is 22.1 Å². The molecule has 0 N–H and O–H groups in total. The minimum Gasteiger partial charge on any atom is -0.493 e. The summed E-state index contributed by atoms with van der Waals surface area (Å²) in [4.78, 5) is 3.85. The van der Waals surface area contributed by atoms with E-state index in [1.165, 1.54) is 12.3 Å². The number of nitrogens with zero attached hydrogens (tertiary/aromatic N) is 1. The minimum atomic E-state index is -5.13. The topological polar surface area (TPSA) is 35.3 Å². The normalized spacial score (nSPS) is 11.3. The molecule has 0 aliphatic carbocycles. The second-order valence-corrected chi connectivity index (χ2v) is 3.18. The van der Waals surface area contributed by atoms with E-state index in [9.17, 15) is 12.9 Å². The molecule has 0 aromatic carbocycles. The van der Waals surface area contributed by atoms with E-state index in [1.54, 1.807) is 6.92 Å². The average Bonchev–Trinajstić information content (AvgIpc) is 2.62. The van der Waals surface area contributed by atoms with Gasteiger partial charge >= 0.3 is 58.4 Å². The van der Waals surface area contributed by atoms with E-state index < -0.39 is 12.6 Å². The monoisotopic (exact) mass is 269 g/mol. The molecule has 86 valence electrons. The molecule has 0 spiro atoms. The van der Waals surface area contributed by atoms with Crippen molar-refractivity contribution in [2.75, 3.05) is 6.61 Å². The zero-order chi connectivity index (χ0) is 11.8. The Kier molecular flexibility index (Phi) is 5.08. The maximum absolute atomic E-state index is 12.5. The van der Waals surface area contributed by atoms with Gasteiger partial charge in [-0.15, -0.1) is 0 Å². The zero-order valence-electron chi connectivity index (χ0n) is 9.41. The van der Waals surface area contributed by atoms with Crippen molar-refractivity contribution in [2.24, 2.45) is 0 Å². The molecule has 0 bridgehead atoms. The maximum atomic E-state index is 12.5. The number of hydrogen-bond acceptors (Lipinski definition) is 3. The van der Waals surface area contributed by atoms with Crippen LogP contribution in [-0.2, 0) is 0 Å². The fourth-order valence-electron chi connectivity index (χ4n) is 1.37. The molecule has 2 aromatic heterocycles. The molecule has 3 nitrogen and oxygen atoms in total. The molecule has 0 fully saturated rings. The zero-order valence-corrected chi connectivity index (χ0v) is 12.5. The van der Waals surface area contributed by atoms with Gasteiger partial charge in [0.2, 0.25) is 5.88 Å². The Morgan fingerprint density at radius 3 is 2.71 bits per heavy atom. The Labute approximate surface area is 138 Å². The van der Waals surface area contributed by atoms with Gasteiger partial charge in [-0.25, -0.2) is 4.98 Å². The van der Waals surface area contributed by atoms with Crippen molar-refractivity contribution in [1.82, 2.24) is 4.98 Å². The Hall–Kier alpha value is -0.0187. The number of ether oxygens (including phenoxy) is 1. The molecule has 2 heterocycles. The number of furan rings is 1. The standard InChI is InChI=1S/C9H8BF3NO2.K/c1-2-15-9-6-5-8(10(11,12)13)16-7(6)3-4-14-9;/h3-5H,2H2,1H3;/q-1;+1. The van der Waals surface area contributed by atoms with Crippen molar-refractivity contribution >= 4 is 23.6 Å². The first kappa shape index (κ1) is 15.0. The summed E-state index contributed by atoms with van der Waals surface area (Å²) in [6.45, 7) is -3.07. The SMILES string of the molecule is CCOc1nccc2oc([B-](F)(F)F)cc12.[K+]. The second kappa shape index (κ2) is 5.75. The number of fused-ring (bicyclic) bond motifs is 1. The van der Waals surface area contributed by atoms with Gasteiger partial charge in [-0.2, -0.15) is 0 Å². The molecule has 0 aliphatic rings. The molecular formula is C9H8BF3KNO2. The van der Waals surface area contributed by atoms with Crippen LogP contribution in [0.5, 0.6) is 5.88 Å². The minimum absolute atomic E-state index is 0. The summed E-state index contributed by atoms with van der Waals surface area (Å²) < 4.78 is 47.2. The molecule has 0 radical (unpaired) electrons. The van der Waals surface area contributed by atoms with Crippen LogP contribution in [0.1, 0.15) is 6.92 Å². The Bertz CT molecular complexity index is 514. The van der Waals surface area contributed by atoms with E-state index in [0.717, 1.165) is 6.07 Å². The molecule has 0 saturated carbocycles. The molecule has 2 aromatic rings. The van der Waals surface area contributed by atoms with Gasteiger partial charge in [0, 0.05) is 11.9 Å². The number of halogens is 3. The van der Waals surface area contributed by atoms with E-state index in [0.29, 0.717) is 6.61 Å². The van der Waals surface area contributed by atoms with Crippen molar-refractivity contribution in [2.45, 2.75) is 6.92 Å². The van der Waals surface area contributed by atoms with Gasteiger partial charge in [-0.3, -0.25) is 0 Å². The summed E-state index contributed by atoms with van der Waals surface area (Å²) in [7, 11) is 0. The predicted octanol–water partition coefficient (Wildman–Crippen LogP) is -0.715. The third-order valence-corrected chi connectivity index (χ3v) is 2.03. The molecule has 0 aliphatic heterocycles. The van der Waals surface area contributed by atoms with Crippen LogP contribution < -0.4 is 61.8 Å². The Morgan fingerprint density at radius 2 is 2.12 bits per heavy atom. The van der Waals surface area contributed by atoms with Crippen molar-refractivity contribution in [1.29, 1.82) is 0 Å². The number of aromatic nitrogens is 1. The smallest absolute Gasteiger partial charge is 0.493 e. The number of rotatable bonds is 3. The fraction of sp³-hybridized carbons (Fsp3) is 0.222. The average molecular weight is 269 g/mol. The molecule has 8 heteroatoms. The quantitative estimate of drug-likeness (QED) is 0.690. The van der Waals surface area contributed by atoms with E-state index >= 15 is 0 Å². The van der Waals surface area contributed by atoms with Crippen LogP contribution in [0, 0.1) is 0 Å². The van der Waals surface area contributed by atoms with Crippen LogP contribution >= 0.6 is 0 Å². The van der Waals surface area contributed by atoms with Crippen LogP contribution in [0.3, 0.4) is 0 Å². The summed E-state index contributed by atoms with van der Waals surface area (Å²) in [6.07, 6.45) is 1.35. The fourth-order valence-corrected chi connectivity index (χ4v) is 1.37. The van der Waals surface area contributed by atoms with Crippen LogP contribution in [0.15, 0.2) is 22.7 Å². The Morgan fingerprint density at radius 1 is 1.41 bits per heavy atom. The van der Waals surface area contributed by atoms with Crippen LogP contribution in [-0.4, -0.2) is 18.6 Å². The van der Waals surface area contributed by atoms with E-state index in [2.05, 4.69) is 4.98 Å². The molecular weight excluding hydrogens is 261 g/mol. The largest absolute Gasteiger partial charge is 1.00 e. The number of hydrogen-bond donors (Lipinski definition) is 0. The van der Waals surface area contributed by atoms with Gasteiger partial charge in [0.05, 0.1) is 12.0 Å². The summed E-state index contributed by atoms with van der Waals surface area (Å²) >= 11 is 0. The van der Waals surface area contributed by atoms with Gasteiger partial charge in [0.1, 0.15) is 5.58 Å². The third-order valence-electron chi connectivity index (χ3n) is 2.03.